The van der Waals surface area contributed by atoms with Crippen LogP contribution in [0.4, 0.5) is 14.5 Å². The Morgan fingerprint density at radius 3 is 2.27 bits per heavy atom. The Bertz CT molecular complexity index is 871. The smallest absolute Gasteiger partial charge is 0.125 e. The molecule has 0 saturated heterocycles. The lowest BCUT2D eigenvalue weighted by Crippen LogP contribution is -2.06. The van der Waals surface area contributed by atoms with Crippen molar-refractivity contribution in [2.45, 2.75) is 6.54 Å². The van der Waals surface area contributed by atoms with Crippen molar-refractivity contribution in [2.24, 2.45) is 0 Å². The van der Waals surface area contributed by atoms with E-state index in [1.165, 1.54) is 18.2 Å². The van der Waals surface area contributed by atoms with Gasteiger partial charge in [-0.3, -0.25) is 0 Å². The lowest BCUT2D eigenvalue weighted by Gasteiger charge is -2.21. The highest BCUT2D eigenvalue weighted by molar-refractivity contribution is 5.91. The van der Waals surface area contributed by atoms with Crippen LogP contribution in [0.25, 0.3) is 22.3 Å². The van der Waals surface area contributed by atoms with Gasteiger partial charge in [-0.05, 0) is 52.6 Å². The number of halogens is 2. The molecule has 1 nitrogen and oxygen atoms in total. The maximum atomic E-state index is 13.8. The van der Waals surface area contributed by atoms with Gasteiger partial charge < -0.3 is 5.32 Å². The molecule has 0 radical (unpaired) electrons. The monoisotopic (exact) mass is 293 g/mol. The van der Waals surface area contributed by atoms with Gasteiger partial charge in [0, 0.05) is 17.8 Å². The van der Waals surface area contributed by atoms with Crippen LogP contribution in [0.5, 0.6) is 0 Å². The summed E-state index contributed by atoms with van der Waals surface area (Å²) in [6.07, 6.45) is 0. The van der Waals surface area contributed by atoms with Crippen LogP contribution in [0.1, 0.15) is 5.56 Å². The lowest BCUT2D eigenvalue weighted by atomic mass is 9.89. The summed E-state index contributed by atoms with van der Waals surface area (Å²) in [6.45, 7) is 0.572. The van der Waals surface area contributed by atoms with E-state index in [0.717, 1.165) is 33.5 Å². The van der Waals surface area contributed by atoms with Crippen molar-refractivity contribution in [2.75, 3.05) is 5.32 Å². The minimum absolute atomic E-state index is 0.272. The summed E-state index contributed by atoms with van der Waals surface area (Å²) in [4.78, 5) is 0. The summed E-state index contributed by atoms with van der Waals surface area (Å²) in [5.41, 5.74) is 5.40. The molecule has 0 fully saturated rings. The van der Waals surface area contributed by atoms with E-state index in [4.69, 9.17) is 0 Å². The van der Waals surface area contributed by atoms with E-state index in [0.29, 0.717) is 6.54 Å². The average molecular weight is 293 g/mol. The van der Waals surface area contributed by atoms with Gasteiger partial charge in [-0.1, -0.05) is 30.3 Å². The predicted octanol–water partition coefficient (Wildman–Crippen LogP) is 5.22. The Morgan fingerprint density at radius 1 is 0.682 bits per heavy atom. The van der Waals surface area contributed by atoms with Crippen molar-refractivity contribution >= 4 is 5.69 Å². The first-order chi connectivity index (χ1) is 10.7. The largest absolute Gasteiger partial charge is 0.380 e. The molecule has 0 atom stereocenters. The summed E-state index contributed by atoms with van der Waals surface area (Å²) >= 11 is 0. The summed E-state index contributed by atoms with van der Waals surface area (Å²) < 4.78 is 27.4. The Labute approximate surface area is 127 Å². The average Bonchev–Trinajstić information content (AvgIpc) is 2.52. The quantitative estimate of drug-likeness (QED) is 0.599. The van der Waals surface area contributed by atoms with Crippen LogP contribution in [0, 0.1) is 11.6 Å². The molecule has 4 rings (SSSR count). The van der Waals surface area contributed by atoms with Crippen molar-refractivity contribution in [3.63, 3.8) is 0 Å². The maximum Gasteiger partial charge on any atom is 0.125 e. The zero-order valence-electron chi connectivity index (χ0n) is 11.7. The fourth-order valence-electron chi connectivity index (χ4n) is 3.00. The number of nitrogens with one attached hydrogen (secondary N) is 1. The van der Waals surface area contributed by atoms with Gasteiger partial charge in [-0.25, -0.2) is 8.78 Å². The van der Waals surface area contributed by atoms with Gasteiger partial charge in [0.1, 0.15) is 11.6 Å². The van der Waals surface area contributed by atoms with Crippen molar-refractivity contribution in [3.05, 3.63) is 77.9 Å². The second-order valence-electron chi connectivity index (χ2n) is 5.39. The van der Waals surface area contributed by atoms with E-state index in [-0.39, 0.29) is 11.6 Å². The molecule has 108 valence electrons. The summed E-state index contributed by atoms with van der Waals surface area (Å²) in [5, 5.41) is 3.28. The molecular weight excluding hydrogens is 280 g/mol. The fraction of sp³-hybridized carbons (Fsp3) is 0.0526. The normalized spacial score (nSPS) is 12.3. The lowest BCUT2D eigenvalue weighted by molar-refractivity contribution is 0.627. The molecule has 0 spiro atoms. The number of fused-ring (bicyclic) bond motifs is 5. The summed E-state index contributed by atoms with van der Waals surface area (Å²) in [5.74, 6) is -0.561. The number of hydrogen-bond donors (Lipinski definition) is 1. The van der Waals surface area contributed by atoms with E-state index in [1.54, 1.807) is 18.2 Å². The molecule has 1 N–H and O–H groups in total. The molecule has 22 heavy (non-hydrogen) atoms. The van der Waals surface area contributed by atoms with Crippen LogP contribution in [0.3, 0.4) is 0 Å². The number of anilines is 1. The zero-order valence-corrected chi connectivity index (χ0v) is 11.7. The Morgan fingerprint density at radius 2 is 1.41 bits per heavy atom. The maximum absolute atomic E-state index is 13.8. The van der Waals surface area contributed by atoms with Gasteiger partial charge in [-0.2, -0.15) is 0 Å². The second kappa shape index (κ2) is 4.95. The van der Waals surface area contributed by atoms with Crippen LogP contribution in [-0.2, 0) is 6.54 Å². The molecule has 0 amide bonds. The molecule has 1 heterocycles. The third kappa shape index (κ3) is 2.06. The van der Waals surface area contributed by atoms with Gasteiger partial charge in [-0.15, -0.1) is 0 Å². The minimum Gasteiger partial charge on any atom is -0.380 e. The van der Waals surface area contributed by atoms with Crippen LogP contribution >= 0.6 is 0 Å². The third-order valence-electron chi connectivity index (χ3n) is 4.03. The highest BCUT2D eigenvalue weighted by Crippen LogP contribution is 2.40. The molecule has 1 aliphatic rings. The first-order valence-electron chi connectivity index (χ1n) is 7.14. The van der Waals surface area contributed by atoms with Gasteiger partial charge >= 0.3 is 0 Å². The van der Waals surface area contributed by atoms with Crippen molar-refractivity contribution in [3.8, 4) is 22.3 Å². The molecule has 3 heteroatoms. The molecule has 0 aromatic heterocycles. The van der Waals surface area contributed by atoms with Crippen LogP contribution < -0.4 is 5.32 Å². The molecule has 0 unspecified atom stereocenters. The first kappa shape index (κ1) is 13.0. The SMILES string of the molecule is Fc1ccc2c(c1)NCc1ccccc1-c1cc(F)ccc1-2. The number of hydrogen-bond acceptors (Lipinski definition) is 1. The van der Waals surface area contributed by atoms with Crippen molar-refractivity contribution in [1.82, 2.24) is 0 Å². The standard InChI is InChI=1S/C19H13F2N/c20-13-5-7-16-17-8-6-14(21)10-19(17)22-11-12-3-1-2-4-15(12)18(16)9-13/h1-10,22H,11H2. The second-order valence-corrected chi connectivity index (χ2v) is 5.39. The molecule has 3 aromatic carbocycles. The van der Waals surface area contributed by atoms with E-state index in [9.17, 15) is 8.78 Å². The van der Waals surface area contributed by atoms with Gasteiger partial charge in [0.05, 0.1) is 0 Å². The topological polar surface area (TPSA) is 12.0 Å². The van der Waals surface area contributed by atoms with Crippen LogP contribution in [-0.4, -0.2) is 0 Å². The predicted molar refractivity (Wildman–Crippen MR) is 84.6 cm³/mol. The van der Waals surface area contributed by atoms with E-state index in [2.05, 4.69) is 5.32 Å². The number of rotatable bonds is 0. The van der Waals surface area contributed by atoms with Crippen LogP contribution in [0.2, 0.25) is 0 Å². The van der Waals surface area contributed by atoms with E-state index < -0.39 is 0 Å². The molecule has 0 bridgehead atoms. The third-order valence-corrected chi connectivity index (χ3v) is 4.03. The minimum atomic E-state index is -0.288. The Kier molecular flexibility index (Phi) is 2.93. The van der Waals surface area contributed by atoms with Crippen molar-refractivity contribution < 1.29 is 8.78 Å². The van der Waals surface area contributed by atoms with Crippen molar-refractivity contribution in [1.29, 1.82) is 0 Å². The van der Waals surface area contributed by atoms with E-state index >= 15 is 0 Å². The molecule has 0 saturated carbocycles. The fourth-order valence-corrected chi connectivity index (χ4v) is 3.00. The molecule has 1 aliphatic heterocycles. The highest BCUT2D eigenvalue weighted by Gasteiger charge is 2.17. The molecule has 3 aromatic rings. The first-order valence-corrected chi connectivity index (χ1v) is 7.14. The summed E-state index contributed by atoms with van der Waals surface area (Å²) in [7, 11) is 0. The molecular formula is C19H13F2N. The zero-order chi connectivity index (χ0) is 15.1. The van der Waals surface area contributed by atoms with Gasteiger partial charge in [0.15, 0.2) is 0 Å². The Hall–Kier alpha value is -2.68. The van der Waals surface area contributed by atoms with Crippen LogP contribution in [0.15, 0.2) is 60.7 Å². The number of benzene rings is 3. The summed E-state index contributed by atoms with van der Waals surface area (Å²) in [6, 6.07) is 17.3. The van der Waals surface area contributed by atoms with Gasteiger partial charge in [0.2, 0.25) is 0 Å². The van der Waals surface area contributed by atoms with E-state index in [1.807, 2.05) is 24.3 Å². The molecule has 0 aliphatic carbocycles. The highest BCUT2D eigenvalue weighted by atomic mass is 19.1. The Balaban J connectivity index is 2.07. The van der Waals surface area contributed by atoms with Gasteiger partial charge in [0.25, 0.3) is 0 Å².